The predicted octanol–water partition coefficient (Wildman–Crippen LogP) is 2.41. The average Bonchev–Trinajstić information content (AvgIpc) is 2.30. The average molecular weight is 184 g/mol. The summed E-state index contributed by atoms with van der Waals surface area (Å²) in [6.45, 7) is 4.69. The van der Waals surface area contributed by atoms with Gasteiger partial charge >= 0.3 is 0 Å². The van der Waals surface area contributed by atoms with Crippen molar-refractivity contribution in [1.29, 1.82) is 0 Å². The topological polar surface area (TPSA) is 15.6 Å². The molecular weight excluding hydrogens is 172 g/mol. The molecule has 0 N–H and O–H groups in total. The SMILES string of the molecule is C=C1/C=C\C=C/C/N=C2/C=CC=CN12. The van der Waals surface area contributed by atoms with Crippen LogP contribution in [0.5, 0.6) is 0 Å². The normalized spacial score (nSPS) is 28.1. The first-order valence-corrected chi connectivity index (χ1v) is 4.58. The quantitative estimate of drug-likeness (QED) is 0.564. The molecule has 0 aromatic rings. The van der Waals surface area contributed by atoms with Crippen LogP contribution in [0.4, 0.5) is 0 Å². The van der Waals surface area contributed by atoms with Crippen molar-refractivity contribution in [2.24, 2.45) is 4.99 Å². The minimum absolute atomic E-state index is 0.710. The van der Waals surface area contributed by atoms with E-state index in [-0.39, 0.29) is 0 Å². The Labute approximate surface area is 83.9 Å². The molecule has 2 aliphatic rings. The lowest BCUT2D eigenvalue weighted by atomic mass is 10.3. The van der Waals surface area contributed by atoms with E-state index in [1.54, 1.807) is 0 Å². The molecule has 0 saturated carbocycles. The first-order chi connectivity index (χ1) is 6.88. The summed E-state index contributed by atoms with van der Waals surface area (Å²) in [7, 11) is 0. The molecule has 2 heterocycles. The second-order valence-corrected chi connectivity index (χ2v) is 3.05. The fourth-order valence-electron chi connectivity index (χ4n) is 1.34. The van der Waals surface area contributed by atoms with Crippen LogP contribution in [0, 0.1) is 0 Å². The third kappa shape index (κ3) is 1.74. The summed E-state index contributed by atoms with van der Waals surface area (Å²) in [6.07, 6.45) is 15.9. The maximum Gasteiger partial charge on any atom is 0.132 e. The molecule has 0 saturated heterocycles. The van der Waals surface area contributed by atoms with Gasteiger partial charge in [0.15, 0.2) is 0 Å². The number of nitrogens with zero attached hydrogens (tertiary/aromatic N) is 2. The summed E-state index contributed by atoms with van der Waals surface area (Å²) >= 11 is 0. The Morgan fingerprint density at radius 2 is 2.00 bits per heavy atom. The van der Waals surface area contributed by atoms with E-state index in [0.29, 0.717) is 6.54 Å². The molecule has 14 heavy (non-hydrogen) atoms. The molecule has 2 rings (SSSR count). The third-order valence-corrected chi connectivity index (χ3v) is 2.04. The molecule has 0 aromatic carbocycles. The number of hydrogen-bond donors (Lipinski definition) is 0. The zero-order chi connectivity index (χ0) is 9.80. The summed E-state index contributed by atoms with van der Waals surface area (Å²) < 4.78 is 0. The van der Waals surface area contributed by atoms with Crippen LogP contribution in [0.1, 0.15) is 0 Å². The van der Waals surface area contributed by atoms with Crippen LogP contribution in [-0.2, 0) is 0 Å². The van der Waals surface area contributed by atoms with Crippen molar-refractivity contribution in [2.75, 3.05) is 6.54 Å². The van der Waals surface area contributed by atoms with Gasteiger partial charge in [-0.3, -0.25) is 4.99 Å². The van der Waals surface area contributed by atoms with Gasteiger partial charge < -0.3 is 4.90 Å². The Kier molecular flexibility index (Phi) is 2.45. The molecular formula is C12H12N2. The summed E-state index contributed by atoms with van der Waals surface area (Å²) in [4.78, 5) is 6.41. The molecule has 0 radical (unpaired) electrons. The van der Waals surface area contributed by atoms with Crippen LogP contribution in [0.15, 0.2) is 66.0 Å². The van der Waals surface area contributed by atoms with Crippen LogP contribution in [0.25, 0.3) is 0 Å². The van der Waals surface area contributed by atoms with Crippen molar-refractivity contribution in [3.8, 4) is 0 Å². The van der Waals surface area contributed by atoms with E-state index < -0.39 is 0 Å². The van der Waals surface area contributed by atoms with Crippen LogP contribution in [-0.4, -0.2) is 17.3 Å². The Morgan fingerprint density at radius 1 is 1.14 bits per heavy atom. The van der Waals surface area contributed by atoms with Gasteiger partial charge in [-0.15, -0.1) is 0 Å². The van der Waals surface area contributed by atoms with E-state index in [1.807, 2.05) is 53.6 Å². The number of rotatable bonds is 0. The zero-order valence-corrected chi connectivity index (χ0v) is 7.93. The minimum atomic E-state index is 0.710. The van der Waals surface area contributed by atoms with Gasteiger partial charge in [0.05, 0.1) is 6.54 Å². The molecule has 70 valence electrons. The highest BCUT2D eigenvalue weighted by Gasteiger charge is 2.09. The van der Waals surface area contributed by atoms with Crippen LogP contribution < -0.4 is 0 Å². The highest BCUT2D eigenvalue weighted by Crippen LogP contribution is 2.12. The van der Waals surface area contributed by atoms with Gasteiger partial charge in [0, 0.05) is 11.9 Å². The molecule has 0 spiro atoms. The standard InChI is InChI=1S/C12H12N2/c1-11-7-3-2-5-9-13-12-8-4-6-10-14(11)12/h2-8,10H,1,9H2/b5-2-,7-3-,13-12-. The molecule has 0 aliphatic carbocycles. The highest BCUT2D eigenvalue weighted by molar-refractivity contribution is 5.96. The Balaban J connectivity index is 2.36. The van der Waals surface area contributed by atoms with Crippen molar-refractivity contribution in [3.63, 3.8) is 0 Å². The predicted molar refractivity (Wildman–Crippen MR) is 59.8 cm³/mol. The van der Waals surface area contributed by atoms with E-state index >= 15 is 0 Å². The zero-order valence-electron chi connectivity index (χ0n) is 7.93. The Morgan fingerprint density at radius 3 is 2.93 bits per heavy atom. The molecule has 0 unspecified atom stereocenters. The molecule has 2 aliphatic heterocycles. The van der Waals surface area contributed by atoms with Crippen molar-refractivity contribution in [3.05, 3.63) is 61.0 Å². The lowest BCUT2D eigenvalue weighted by Crippen LogP contribution is -2.23. The van der Waals surface area contributed by atoms with E-state index in [1.165, 1.54) is 0 Å². The van der Waals surface area contributed by atoms with Gasteiger partial charge in [0.1, 0.15) is 5.84 Å². The fourth-order valence-corrected chi connectivity index (χ4v) is 1.34. The van der Waals surface area contributed by atoms with Gasteiger partial charge in [-0.05, 0) is 18.2 Å². The van der Waals surface area contributed by atoms with Crippen LogP contribution in [0.3, 0.4) is 0 Å². The van der Waals surface area contributed by atoms with Crippen LogP contribution in [0.2, 0.25) is 0 Å². The van der Waals surface area contributed by atoms with Crippen LogP contribution >= 0.6 is 0 Å². The summed E-state index contributed by atoms with van der Waals surface area (Å²) in [5.41, 5.74) is 0.927. The summed E-state index contributed by atoms with van der Waals surface area (Å²) in [5.74, 6) is 0.939. The lowest BCUT2D eigenvalue weighted by Gasteiger charge is -2.22. The van der Waals surface area contributed by atoms with Gasteiger partial charge in [-0.2, -0.15) is 0 Å². The number of amidine groups is 1. The molecule has 0 atom stereocenters. The number of allylic oxidation sites excluding steroid dienone is 5. The maximum absolute atomic E-state index is 4.43. The monoisotopic (exact) mass is 184 g/mol. The van der Waals surface area contributed by atoms with Gasteiger partial charge in [-0.1, -0.05) is 30.9 Å². The fraction of sp³-hybridized carbons (Fsp3) is 0.0833. The minimum Gasteiger partial charge on any atom is -0.303 e. The number of aliphatic imine (C=N–C) groups is 1. The van der Waals surface area contributed by atoms with Crippen molar-refractivity contribution in [1.82, 2.24) is 4.90 Å². The van der Waals surface area contributed by atoms with Crippen molar-refractivity contribution < 1.29 is 0 Å². The molecule has 2 heteroatoms. The second kappa shape index (κ2) is 3.92. The largest absolute Gasteiger partial charge is 0.303 e. The van der Waals surface area contributed by atoms with Crippen molar-refractivity contribution >= 4 is 5.84 Å². The molecule has 0 amide bonds. The lowest BCUT2D eigenvalue weighted by molar-refractivity contribution is 0.713. The number of fused-ring (bicyclic) bond motifs is 1. The smallest absolute Gasteiger partial charge is 0.132 e. The maximum atomic E-state index is 4.43. The van der Waals surface area contributed by atoms with E-state index in [0.717, 1.165) is 11.5 Å². The molecule has 0 bridgehead atoms. The molecule has 2 nitrogen and oxygen atoms in total. The van der Waals surface area contributed by atoms with Gasteiger partial charge in [0.2, 0.25) is 0 Å². The Bertz CT molecular complexity index is 381. The first-order valence-electron chi connectivity index (χ1n) is 4.58. The Hall–Kier alpha value is -1.83. The molecule has 0 fully saturated rings. The first kappa shape index (κ1) is 8.75. The highest BCUT2D eigenvalue weighted by atomic mass is 15.2. The van der Waals surface area contributed by atoms with Gasteiger partial charge in [-0.25, -0.2) is 0 Å². The number of hydrogen-bond acceptors (Lipinski definition) is 2. The van der Waals surface area contributed by atoms with Crippen molar-refractivity contribution in [2.45, 2.75) is 0 Å². The second-order valence-electron chi connectivity index (χ2n) is 3.05. The van der Waals surface area contributed by atoms with E-state index in [4.69, 9.17) is 0 Å². The third-order valence-electron chi connectivity index (χ3n) is 2.04. The molecule has 0 aromatic heterocycles. The van der Waals surface area contributed by atoms with E-state index in [2.05, 4.69) is 11.6 Å². The summed E-state index contributed by atoms with van der Waals surface area (Å²) in [6, 6.07) is 0. The van der Waals surface area contributed by atoms with Gasteiger partial charge in [0.25, 0.3) is 0 Å². The van der Waals surface area contributed by atoms with E-state index in [9.17, 15) is 0 Å². The summed E-state index contributed by atoms with van der Waals surface area (Å²) in [5, 5.41) is 0.